The van der Waals surface area contributed by atoms with Crippen LogP contribution >= 0.6 is 0 Å². The van der Waals surface area contributed by atoms with Crippen molar-refractivity contribution < 1.29 is 4.79 Å². The van der Waals surface area contributed by atoms with Crippen molar-refractivity contribution in [2.75, 3.05) is 26.2 Å². The van der Waals surface area contributed by atoms with Gasteiger partial charge in [0.25, 0.3) is 0 Å². The molecule has 0 aromatic carbocycles. The van der Waals surface area contributed by atoms with Crippen LogP contribution in [0.1, 0.15) is 26.2 Å². The Kier molecular flexibility index (Phi) is 2.63. The maximum absolute atomic E-state index is 11.6. The standard InChI is InChI=1S/C10H19N3O/c1-2-13-8-10(12-9(13)14)4-3-6-11-7-5-10/h11H,2-8H2,1H3,(H,12,14). The van der Waals surface area contributed by atoms with E-state index < -0.39 is 0 Å². The predicted octanol–water partition coefficient (Wildman–Crippen LogP) is 0.544. The predicted molar refractivity (Wildman–Crippen MR) is 55.2 cm³/mol. The van der Waals surface area contributed by atoms with Crippen molar-refractivity contribution >= 4 is 6.03 Å². The van der Waals surface area contributed by atoms with Gasteiger partial charge in [-0.15, -0.1) is 0 Å². The smallest absolute Gasteiger partial charge is 0.317 e. The lowest BCUT2D eigenvalue weighted by atomic mass is 9.91. The van der Waals surface area contributed by atoms with E-state index in [1.165, 1.54) is 0 Å². The first-order valence-electron chi connectivity index (χ1n) is 5.54. The number of hydrogen-bond donors (Lipinski definition) is 2. The van der Waals surface area contributed by atoms with Gasteiger partial charge in [-0.05, 0) is 39.3 Å². The van der Waals surface area contributed by atoms with E-state index in [9.17, 15) is 4.79 Å². The van der Waals surface area contributed by atoms with Gasteiger partial charge in [-0.1, -0.05) is 0 Å². The highest BCUT2D eigenvalue weighted by molar-refractivity contribution is 5.77. The summed E-state index contributed by atoms with van der Waals surface area (Å²) in [5.41, 5.74) is 0.0661. The summed E-state index contributed by atoms with van der Waals surface area (Å²) in [7, 11) is 0. The lowest BCUT2D eigenvalue weighted by molar-refractivity contribution is 0.219. The van der Waals surface area contributed by atoms with Crippen molar-refractivity contribution in [3.63, 3.8) is 0 Å². The number of carbonyl (C=O) groups excluding carboxylic acids is 1. The Morgan fingerprint density at radius 1 is 1.43 bits per heavy atom. The topological polar surface area (TPSA) is 44.4 Å². The molecule has 1 unspecified atom stereocenters. The molecule has 2 amide bonds. The van der Waals surface area contributed by atoms with Crippen molar-refractivity contribution in [3.8, 4) is 0 Å². The Labute approximate surface area is 85.0 Å². The number of rotatable bonds is 1. The second-order valence-electron chi connectivity index (χ2n) is 4.33. The molecule has 14 heavy (non-hydrogen) atoms. The Morgan fingerprint density at radius 3 is 3.00 bits per heavy atom. The molecule has 0 aromatic heterocycles. The molecule has 0 saturated carbocycles. The average molecular weight is 197 g/mol. The Morgan fingerprint density at radius 2 is 2.29 bits per heavy atom. The van der Waals surface area contributed by atoms with Gasteiger partial charge in [0.2, 0.25) is 0 Å². The summed E-state index contributed by atoms with van der Waals surface area (Å²) in [6.45, 7) is 5.86. The van der Waals surface area contributed by atoms with Crippen LogP contribution in [0.2, 0.25) is 0 Å². The minimum Gasteiger partial charge on any atom is -0.331 e. The summed E-state index contributed by atoms with van der Waals surface area (Å²) in [5.74, 6) is 0. The van der Waals surface area contributed by atoms with Gasteiger partial charge in [0, 0.05) is 13.1 Å². The van der Waals surface area contributed by atoms with Gasteiger partial charge in [-0.2, -0.15) is 0 Å². The summed E-state index contributed by atoms with van der Waals surface area (Å²) in [5, 5.41) is 6.53. The number of nitrogens with zero attached hydrogens (tertiary/aromatic N) is 1. The number of nitrogens with one attached hydrogen (secondary N) is 2. The number of likely N-dealkylation sites (N-methyl/N-ethyl adjacent to an activating group) is 1. The third-order valence-electron chi connectivity index (χ3n) is 3.32. The van der Waals surface area contributed by atoms with Gasteiger partial charge in [0.15, 0.2) is 0 Å². The Hall–Kier alpha value is -0.770. The molecule has 0 aliphatic carbocycles. The van der Waals surface area contributed by atoms with Crippen LogP contribution in [0.15, 0.2) is 0 Å². The van der Waals surface area contributed by atoms with Crippen molar-refractivity contribution in [1.29, 1.82) is 0 Å². The highest BCUT2D eigenvalue weighted by Crippen LogP contribution is 2.25. The molecule has 2 N–H and O–H groups in total. The monoisotopic (exact) mass is 197 g/mol. The van der Waals surface area contributed by atoms with Gasteiger partial charge >= 0.3 is 6.03 Å². The van der Waals surface area contributed by atoms with E-state index in [-0.39, 0.29) is 11.6 Å². The minimum atomic E-state index is 0.0661. The zero-order chi connectivity index (χ0) is 10.0. The second-order valence-corrected chi connectivity index (χ2v) is 4.33. The molecule has 0 radical (unpaired) electrons. The summed E-state index contributed by atoms with van der Waals surface area (Å²) in [6, 6.07) is 0.120. The molecule has 1 atom stereocenters. The molecule has 4 nitrogen and oxygen atoms in total. The highest BCUT2D eigenvalue weighted by atomic mass is 16.2. The summed E-state index contributed by atoms with van der Waals surface area (Å²) in [6.07, 6.45) is 3.34. The first-order valence-corrected chi connectivity index (χ1v) is 5.54. The molecule has 2 fully saturated rings. The second kappa shape index (κ2) is 3.77. The highest BCUT2D eigenvalue weighted by Gasteiger charge is 2.41. The van der Waals surface area contributed by atoms with Crippen molar-refractivity contribution in [2.45, 2.75) is 31.7 Å². The quantitative estimate of drug-likeness (QED) is 0.644. The number of urea groups is 1. The first kappa shape index (κ1) is 9.77. The normalized spacial score (nSPS) is 33.2. The lowest BCUT2D eigenvalue weighted by Crippen LogP contribution is -2.43. The van der Waals surface area contributed by atoms with Crippen molar-refractivity contribution in [3.05, 3.63) is 0 Å². The average Bonchev–Trinajstić information content (AvgIpc) is 2.36. The molecule has 80 valence electrons. The maximum Gasteiger partial charge on any atom is 0.317 e. The first-order chi connectivity index (χ1) is 6.76. The van der Waals surface area contributed by atoms with E-state index in [0.717, 1.165) is 45.4 Å². The molecule has 2 rings (SSSR count). The number of amides is 2. The van der Waals surface area contributed by atoms with Gasteiger partial charge in [0.1, 0.15) is 0 Å². The molecule has 4 heteroatoms. The molecule has 2 saturated heterocycles. The third kappa shape index (κ3) is 1.71. The Bertz CT molecular complexity index is 221. The molecule has 0 aromatic rings. The van der Waals surface area contributed by atoms with Crippen molar-refractivity contribution in [1.82, 2.24) is 15.5 Å². The van der Waals surface area contributed by atoms with E-state index >= 15 is 0 Å². The molecular formula is C10H19N3O. The summed E-state index contributed by atoms with van der Waals surface area (Å²) < 4.78 is 0. The molecule has 2 heterocycles. The van der Waals surface area contributed by atoms with Gasteiger partial charge in [-0.25, -0.2) is 4.79 Å². The van der Waals surface area contributed by atoms with Crippen LogP contribution in [-0.4, -0.2) is 42.6 Å². The lowest BCUT2D eigenvalue weighted by Gasteiger charge is -2.26. The van der Waals surface area contributed by atoms with E-state index in [0.29, 0.717) is 0 Å². The summed E-state index contributed by atoms with van der Waals surface area (Å²) in [4.78, 5) is 13.5. The fourth-order valence-corrected chi connectivity index (χ4v) is 2.45. The largest absolute Gasteiger partial charge is 0.331 e. The van der Waals surface area contributed by atoms with Gasteiger partial charge in [-0.3, -0.25) is 0 Å². The van der Waals surface area contributed by atoms with E-state index in [1.807, 2.05) is 11.8 Å². The van der Waals surface area contributed by atoms with Crippen molar-refractivity contribution in [2.24, 2.45) is 0 Å². The van der Waals surface area contributed by atoms with Crippen LogP contribution in [0.5, 0.6) is 0 Å². The molecule has 1 spiro atoms. The third-order valence-corrected chi connectivity index (χ3v) is 3.32. The van der Waals surface area contributed by atoms with E-state index in [1.54, 1.807) is 0 Å². The van der Waals surface area contributed by atoms with E-state index in [4.69, 9.17) is 0 Å². The van der Waals surface area contributed by atoms with E-state index in [2.05, 4.69) is 10.6 Å². The van der Waals surface area contributed by atoms with Crippen LogP contribution < -0.4 is 10.6 Å². The number of carbonyl (C=O) groups is 1. The molecule has 2 aliphatic rings. The fraction of sp³-hybridized carbons (Fsp3) is 0.900. The van der Waals surface area contributed by atoms with Crippen LogP contribution in [0.4, 0.5) is 4.79 Å². The number of hydrogen-bond acceptors (Lipinski definition) is 2. The zero-order valence-corrected chi connectivity index (χ0v) is 8.81. The fourth-order valence-electron chi connectivity index (χ4n) is 2.45. The molecule has 0 bridgehead atoms. The summed E-state index contributed by atoms with van der Waals surface area (Å²) >= 11 is 0. The minimum absolute atomic E-state index is 0.0661. The molecular weight excluding hydrogens is 178 g/mol. The SMILES string of the molecule is CCN1CC2(CCCNCC2)NC1=O. The van der Waals surface area contributed by atoms with Crippen LogP contribution in [0.3, 0.4) is 0 Å². The van der Waals surface area contributed by atoms with Crippen LogP contribution in [0, 0.1) is 0 Å². The van der Waals surface area contributed by atoms with Crippen LogP contribution in [-0.2, 0) is 0 Å². The van der Waals surface area contributed by atoms with Gasteiger partial charge in [0.05, 0.1) is 5.54 Å². The maximum atomic E-state index is 11.6. The zero-order valence-electron chi connectivity index (χ0n) is 8.81. The molecule has 2 aliphatic heterocycles. The Balaban J connectivity index is 2.05. The van der Waals surface area contributed by atoms with Crippen LogP contribution in [0.25, 0.3) is 0 Å². The van der Waals surface area contributed by atoms with Gasteiger partial charge < -0.3 is 15.5 Å².